The van der Waals surface area contributed by atoms with Crippen molar-refractivity contribution in [1.82, 2.24) is 4.90 Å². The second-order valence-electron chi connectivity index (χ2n) is 5.33. The molecule has 0 aromatic carbocycles. The minimum absolute atomic E-state index is 0.215. The lowest BCUT2D eigenvalue weighted by molar-refractivity contribution is -0.118. The Morgan fingerprint density at radius 3 is 2.82 bits per heavy atom. The molecule has 0 unspecified atom stereocenters. The highest BCUT2D eigenvalue weighted by molar-refractivity contribution is 5.75. The largest absolute Gasteiger partial charge is 0.381 e. The van der Waals surface area contributed by atoms with Gasteiger partial charge >= 0.3 is 0 Å². The maximum absolute atomic E-state index is 10.7. The standard InChI is InChI=1S/C14H27NO2/c1-12(2)15-9-4-6-14(15)7-5-10-17-11-8-13(3)16/h12,14H,4-11H2,1-3H3/t14-/m0/s1. The summed E-state index contributed by atoms with van der Waals surface area (Å²) >= 11 is 0. The number of ether oxygens (including phenoxy) is 1. The number of hydrogen-bond acceptors (Lipinski definition) is 3. The molecule has 0 amide bonds. The Balaban J connectivity index is 2.04. The SMILES string of the molecule is CC(=O)CCOCCC[C@@H]1CCCN1C(C)C. The van der Waals surface area contributed by atoms with Crippen LogP contribution in [0.5, 0.6) is 0 Å². The van der Waals surface area contributed by atoms with Crippen LogP contribution in [0.25, 0.3) is 0 Å². The number of ketones is 1. The van der Waals surface area contributed by atoms with Gasteiger partial charge in [0.15, 0.2) is 0 Å². The third-order valence-electron chi connectivity index (χ3n) is 3.51. The Kier molecular flexibility index (Phi) is 6.75. The van der Waals surface area contributed by atoms with Gasteiger partial charge in [0.05, 0.1) is 6.61 Å². The Labute approximate surface area is 106 Å². The molecule has 1 saturated heterocycles. The smallest absolute Gasteiger partial charge is 0.132 e. The molecule has 0 saturated carbocycles. The van der Waals surface area contributed by atoms with Crippen molar-refractivity contribution in [3.8, 4) is 0 Å². The number of likely N-dealkylation sites (tertiary alicyclic amines) is 1. The van der Waals surface area contributed by atoms with E-state index in [2.05, 4.69) is 18.7 Å². The average molecular weight is 241 g/mol. The van der Waals surface area contributed by atoms with E-state index in [9.17, 15) is 4.79 Å². The maximum Gasteiger partial charge on any atom is 0.132 e. The summed E-state index contributed by atoms with van der Waals surface area (Å²) in [6, 6.07) is 1.42. The van der Waals surface area contributed by atoms with Crippen molar-refractivity contribution >= 4 is 5.78 Å². The molecule has 1 aliphatic heterocycles. The molecule has 0 aromatic heterocycles. The maximum atomic E-state index is 10.7. The molecule has 0 radical (unpaired) electrons. The quantitative estimate of drug-likeness (QED) is 0.612. The van der Waals surface area contributed by atoms with Gasteiger partial charge < -0.3 is 4.74 Å². The Morgan fingerprint density at radius 2 is 2.18 bits per heavy atom. The van der Waals surface area contributed by atoms with Crippen LogP contribution in [0.1, 0.15) is 52.9 Å². The zero-order chi connectivity index (χ0) is 12.7. The minimum Gasteiger partial charge on any atom is -0.381 e. The van der Waals surface area contributed by atoms with Gasteiger partial charge in [-0.2, -0.15) is 0 Å². The molecule has 1 aliphatic rings. The summed E-state index contributed by atoms with van der Waals surface area (Å²) in [5.41, 5.74) is 0. The van der Waals surface area contributed by atoms with Gasteiger partial charge in [-0.3, -0.25) is 9.69 Å². The van der Waals surface area contributed by atoms with E-state index in [0.717, 1.165) is 19.1 Å². The molecule has 1 fully saturated rings. The van der Waals surface area contributed by atoms with E-state index in [4.69, 9.17) is 4.74 Å². The van der Waals surface area contributed by atoms with Crippen LogP contribution >= 0.6 is 0 Å². The highest BCUT2D eigenvalue weighted by Gasteiger charge is 2.25. The summed E-state index contributed by atoms with van der Waals surface area (Å²) < 4.78 is 5.46. The number of rotatable bonds is 8. The first kappa shape index (κ1) is 14.7. The van der Waals surface area contributed by atoms with Gasteiger partial charge in [0.1, 0.15) is 5.78 Å². The fourth-order valence-electron chi connectivity index (χ4n) is 2.59. The number of hydrogen-bond donors (Lipinski definition) is 0. The summed E-state index contributed by atoms with van der Waals surface area (Å²) in [6.07, 6.45) is 5.59. The van der Waals surface area contributed by atoms with Gasteiger partial charge in [0.25, 0.3) is 0 Å². The van der Waals surface area contributed by atoms with Gasteiger partial charge in [-0.25, -0.2) is 0 Å². The third kappa shape index (κ3) is 5.64. The lowest BCUT2D eigenvalue weighted by Crippen LogP contribution is -2.35. The van der Waals surface area contributed by atoms with E-state index in [0.29, 0.717) is 19.1 Å². The van der Waals surface area contributed by atoms with Gasteiger partial charge in [-0.15, -0.1) is 0 Å². The lowest BCUT2D eigenvalue weighted by atomic mass is 10.1. The second kappa shape index (κ2) is 7.83. The lowest BCUT2D eigenvalue weighted by Gasteiger charge is -2.28. The van der Waals surface area contributed by atoms with Gasteiger partial charge in [-0.1, -0.05) is 0 Å². The van der Waals surface area contributed by atoms with Crippen molar-refractivity contribution in [2.24, 2.45) is 0 Å². The van der Waals surface area contributed by atoms with Crippen LogP contribution in [0.2, 0.25) is 0 Å². The van der Waals surface area contributed by atoms with Crippen LogP contribution < -0.4 is 0 Å². The molecule has 0 spiro atoms. The van der Waals surface area contributed by atoms with Crippen LogP contribution in [0.15, 0.2) is 0 Å². The summed E-state index contributed by atoms with van der Waals surface area (Å²) in [7, 11) is 0. The first-order chi connectivity index (χ1) is 8.11. The molecule has 1 atom stereocenters. The monoisotopic (exact) mass is 241 g/mol. The minimum atomic E-state index is 0.215. The van der Waals surface area contributed by atoms with Crippen LogP contribution in [-0.2, 0) is 9.53 Å². The fourth-order valence-corrected chi connectivity index (χ4v) is 2.59. The Hall–Kier alpha value is -0.410. The van der Waals surface area contributed by atoms with Gasteiger partial charge in [0.2, 0.25) is 0 Å². The molecule has 0 bridgehead atoms. The van der Waals surface area contributed by atoms with Crippen LogP contribution in [0.4, 0.5) is 0 Å². The van der Waals surface area contributed by atoms with Crippen molar-refractivity contribution in [3.63, 3.8) is 0 Å². The average Bonchev–Trinajstić information content (AvgIpc) is 2.71. The summed E-state index contributed by atoms with van der Waals surface area (Å²) in [5, 5.41) is 0. The van der Waals surface area contributed by atoms with Crippen LogP contribution in [0, 0.1) is 0 Å². The van der Waals surface area contributed by atoms with E-state index in [1.165, 1.54) is 25.8 Å². The van der Waals surface area contributed by atoms with Crippen molar-refractivity contribution in [2.75, 3.05) is 19.8 Å². The van der Waals surface area contributed by atoms with E-state index in [1.807, 2.05) is 0 Å². The van der Waals surface area contributed by atoms with Gasteiger partial charge in [0, 0.05) is 25.1 Å². The predicted molar refractivity (Wildman–Crippen MR) is 70.2 cm³/mol. The van der Waals surface area contributed by atoms with E-state index < -0.39 is 0 Å². The molecule has 0 aromatic rings. The topological polar surface area (TPSA) is 29.5 Å². The third-order valence-corrected chi connectivity index (χ3v) is 3.51. The van der Waals surface area contributed by atoms with Crippen molar-refractivity contribution < 1.29 is 9.53 Å². The van der Waals surface area contributed by atoms with E-state index in [-0.39, 0.29) is 5.78 Å². The molecule has 1 rings (SSSR count). The summed E-state index contributed by atoms with van der Waals surface area (Å²) in [4.78, 5) is 13.3. The molecular formula is C14H27NO2. The first-order valence-electron chi connectivity index (χ1n) is 6.94. The number of carbonyl (C=O) groups is 1. The second-order valence-corrected chi connectivity index (χ2v) is 5.33. The number of Topliss-reactive ketones (excluding diaryl/α,β-unsaturated/α-hetero) is 1. The fraction of sp³-hybridized carbons (Fsp3) is 0.929. The molecule has 3 heteroatoms. The molecule has 0 aliphatic carbocycles. The highest BCUT2D eigenvalue weighted by Crippen LogP contribution is 2.23. The highest BCUT2D eigenvalue weighted by atomic mass is 16.5. The molecule has 3 nitrogen and oxygen atoms in total. The van der Waals surface area contributed by atoms with Crippen LogP contribution in [-0.4, -0.2) is 42.5 Å². The summed E-state index contributed by atoms with van der Waals surface area (Å²) in [5.74, 6) is 0.215. The molecule has 0 N–H and O–H groups in total. The molecule has 1 heterocycles. The van der Waals surface area contributed by atoms with Gasteiger partial charge in [-0.05, 0) is 53.0 Å². The number of nitrogens with zero attached hydrogens (tertiary/aromatic N) is 1. The van der Waals surface area contributed by atoms with Crippen molar-refractivity contribution in [1.29, 1.82) is 0 Å². The van der Waals surface area contributed by atoms with Crippen molar-refractivity contribution in [3.05, 3.63) is 0 Å². The molecule has 17 heavy (non-hydrogen) atoms. The normalized spacial score (nSPS) is 21.3. The first-order valence-corrected chi connectivity index (χ1v) is 6.94. The van der Waals surface area contributed by atoms with E-state index >= 15 is 0 Å². The summed E-state index contributed by atoms with van der Waals surface area (Å²) in [6.45, 7) is 8.82. The van der Waals surface area contributed by atoms with E-state index in [1.54, 1.807) is 6.92 Å². The zero-order valence-corrected chi connectivity index (χ0v) is 11.6. The predicted octanol–water partition coefficient (Wildman–Crippen LogP) is 2.64. The van der Waals surface area contributed by atoms with Crippen LogP contribution in [0.3, 0.4) is 0 Å². The Morgan fingerprint density at radius 1 is 1.41 bits per heavy atom. The zero-order valence-electron chi connectivity index (χ0n) is 11.6. The van der Waals surface area contributed by atoms with Crippen molar-refractivity contribution in [2.45, 2.75) is 65.0 Å². The number of carbonyl (C=O) groups excluding carboxylic acids is 1. The Bertz CT molecular complexity index is 228. The molecule has 100 valence electrons. The molecular weight excluding hydrogens is 214 g/mol.